The van der Waals surface area contributed by atoms with Crippen molar-refractivity contribution in [2.75, 3.05) is 0 Å². The summed E-state index contributed by atoms with van der Waals surface area (Å²) in [5.41, 5.74) is 4.37. The number of nitrogens with two attached hydrogens (primary N) is 1. The lowest BCUT2D eigenvalue weighted by molar-refractivity contribution is -0.145. The van der Waals surface area contributed by atoms with Crippen molar-refractivity contribution in [3.05, 3.63) is 0 Å². The van der Waals surface area contributed by atoms with Gasteiger partial charge in [0.1, 0.15) is 5.54 Å². The van der Waals surface area contributed by atoms with Crippen LogP contribution in [-0.4, -0.2) is 27.7 Å². The van der Waals surface area contributed by atoms with Gasteiger partial charge in [-0.2, -0.15) is 0 Å². The number of carboxylic acids is 2. The minimum atomic E-state index is -1.28. The summed E-state index contributed by atoms with van der Waals surface area (Å²) in [7, 11) is 0. The molecule has 0 heterocycles. The number of hydrogen-bond acceptors (Lipinski definition) is 3. The Morgan fingerprint density at radius 1 is 1.38 bits per heavy atom. The Labute approximate surface area is 74.5 Å². The van der Waals surface area contributed by atoms with Gasteiger partial charge in [-0.05, 0) is 18.8 Å². The molecule has 2 aliphatic rings. The third kappa shape index (κ3) is 0.904. The highest BCUT2D eigenvalue weighted by molar-refractivity contribution is 5.85. The fourth-order valence-electron chi connectivity index (χ4n) is 2.59. The lowest BCUT2D eigenvalue weighted by atomic mass is 9.92. The maximum absolute atomic E-state index is 10.8. The maximum atomic E-state index is 10.8. The summed E-state index contributed by atoms with van der Waals surface area (Å²) in [5, 5.41) is 17.6. The van der Waals surface area contributed by atoms with E-state index in [1.165, 1.54) is 0 Å². The normalized spacial score (nSPS) is 47.0. The van der Waals surface area contributed by atoms with E-state index in [0.717, 1.165) is 0 Å². The van der Waals surface area contributed by atoms with Crippen molar-refractivity contribution < 1.29 is 19.8 Å². The van der Waals surface area contributed by atoms with Crippen LogP contribution in [0.5, 0.6) is 0 Å². The zero-order chi connectivity index (χ0) is 9.80. The molecule has 5 nitrogen and oxygen atoms in total. The van der Waals surface area contributed by atoms with E-state index in [-0.39, 0.29) is 11.8 Å². The Bertz CT molecular complexity index is 290. The zero-order valence-electron chi connectivity index (χ0n) is 6.93. The Balaban J connectivity index is 2.20. The Morgan fingerprint density at radius 3 is 2.38 bits per heavy atom. The predicted molar refractivity (Wildman–Crippen MR) is 41.9 cm³/mol. The van der Waals surface area contributed by atoms with Crippen LogP contribution < -0.4 is 5.73 Å². The monoisotopic (exact) mass is 185 g/mol. The molecule has 0 radical (unpaired) electrons. The average molecular weight is 185 g/mol. The van der Waals surface area contributed by atoms with Gasteiger partial charge in [-0.1, -0.05) is 0 Å². The summed E-state index contributed by atoms with van der Waals surface area (Å²) >= 11 is 0. The summed E-state index contributed by atoms with van der Waals surface area (Å²) in [4.78, 5) is 21.4. The van der Waals surface area contributed by atoms with Crippen LogP contribution in [0.25, 0.3) is 0 Å². The molecular formula is C8H11NO4. The molecule has 5 heteroatoms. The molecule has 13 heavy (non-hydrogen) atoms. The SMILES string of the molecule is NC1(C(=O)O)CC[C@@H]2[C@@H](C(=O)O)[C@@H]21. The van der Waals surface area contributed by atoms with Crippen molar-refractivity contribution in [3.63, 3.8) is 0 Å². The molecular weight excluding hydrogens is 174 g/mol. The van der Waals surface area contributed by atoms with E-state index >= 15 is 0 Å². The van der Waals surface area contributed by atoms with E-state index < -0.39 is 23.4 Å². The van der Waals surface area contributed by atoms with Crippen LogP contribution in [0.1, 0.15) is 12.8 Å². The van der Waals surface area contributed by atoms with Gasteiger partial charge in [0.2, 0.25) is 0 Å². The molecule has 1 unspecified atom stereocenters. The van der Waals surface area contributed by atoms with Crippen LogP contribution in [0.4, 0.5) is 0 Å². The number of hydrogen-bond donors (Lipinski definition) is 3. The summed E-state index contributed by atoms with van der Waals surface area (Å²) in [6.07, 6.45) is 1.03. The topological polar surface area (TPSA) is 101 Å². The molecule has 4 N–H and O–H groups in total. The number of carbonyl (C=O) groups is 2. The molecule has 0 aromatic rings. The van der Waals surface area contributed by atoms with Crippen LogP contribution in [0.3, 0.4) is 0 Å². The van der Waals surface area contributed by atoms with Crippen molar-refractivity contribution in [3.8, 4) is 0 Å². The van der Waals surface area contributed by atoms with Crippen molar-refractivity contribution in [1.29, 1.82) is 0 Å². The highest BCUT2D eigenvalue weighted by atomic mass is 16.4. The summed E-state index contributed by atoms with van der Waals surface area (Å²) < 4.78 is 0. The van der Waals surface area contributed by atoms with Gasteiger partial charge in [-0.3, -0.25) is 9.59 Å². The molecule has 2 aliphatic carbocycles. The fraction of sp³-hybridized carbons (Fsp3) is 0.750. The largest absolute Gasteiger partial charge is 0.481 e. The second kappa shape index (κ2) is 2.23. The first kappa shape index (κ1) is 8.50. The molecule has 0 aliphatic heterocycles. The second-order valence-corrected chi connectivity index (χ2v) is 3.94. The molecule has 2 rings (SSSR count). The van der Waals surface area contributed by atoms with Gasteiger partial charge >= 0.3 is 11.9 Å². The van der Waals surface area contributed by atoms with Gasteiger partial charge < -0.3 is 15.9 Å². The Kier molecular flexibility index (Phi) is 1.46. The molecule has 72 valence electrons. The average Bonchev–Trinajstić information content (AvgIpc) is 2.66. The van der Waals surface area contributed by atoms with Crippen molar-refractivity contribution in [1.82, 2.24) is 0 Å². The van der Waals surface area contributed by atoms with E-state index in [1.54, 1.807) is 0 Å². The van der Waals surface area contributed by atoms with Crippen LogP contribution in [0, 0.1) is 17.8 Å². The smallest absolute Gasteiger partial charge is 0.324 e. The second-order valence-electron chi connectivity index (χ2n) is 3.94. The van der Waals surface area contributed by atoms with E-state index in [4.69, 9.17) is 15.9 Å². The standard InChI is InChI=1S/C8H11NO4/c9-8(7(12)13)2-1-3-4(5(3)8)6(10)11/h3-5H,1-2,9H2,(H,10,11)(H,12,13)/t3-,4-,5-,8?/m1/s1. The van der Waals surface area contributed by atoms with Gasteiger partial charge in [0.15, 0.2) is 0 Å². The van der Waals surface area contributed by atoms with E-state index in [0.29, 0.717) is 12.8 Å². The summed E-state index contributed by atoms with van der Waals surface area (Å²) in [5.74, 6) is -2.84. The molecule has 4 atom stereocenters. The van der Waals surface area contributed by atoms with Crippen LogP contribution in [0.2, 0.25) is 0 Å². The Hall–Kier alpha value is -1.10. The van der Waals surface area contributed by atoms with Crippen molar-refractivity contribution in [2.45, 2.75) is 18.4 Å². The van der Waals surface area contributed by atoms with E-state index in [9.17, 15) is 9.59 Å². The predicted octanol–water partition coefficient (Wildman–Crippen LogP) is -0.491. The van der Waals surface area contributed by atoms with Crippen LogP contribution in [-0.2, 0) is 9.59 Å². The molecule has 0 amide bonds. The minimum Gasteiger partial charge on any atom is -0.481 e. The number of rotatable bonds is 2. The van der Waals surface area contributed by atoms with Crippen LogP contribution >= 0.6 is 0 Å². The van der Waals surface area contributed by atoms with E-state index in [1.807, 2.05) is 0 Å². The highest BCUT2D eigenvalue weighted by Gasteiger charge is 2.69. The molecule has 0 bridgehead atoms. The first-order valence-electron chi connectivity index (χ1n) is 4.23. The van der Waals surface area contributed by atoms with Gasteiger partial charge in [-0.15, -0.1) is 0 Å². The first-order valence-corrected chi connectivity index (χ1v) is 4.23. The molecule has 0 aromatic carbocycles. The highest BCUT2D eigenvalue weighted by Crippen LogP contribution is 2.61. The lowest BCUT2D eigenvalue weighted by Crippen LogP contribution is -2.49. The third-order valence-corrected chi connectivity index (χ3v) is 3.34. The summed E-state index contributed by atoms with van der Waals surface area (Å²) in [6, 6.07) is 0. The van der Waals surface area contributed by atoms with Crippen LogP contribution in [0.15, 0.2) is 0 Å². The molecule has 2 fully saturated rings. The van der Waals surface area contributed by atoms with Gasteiger partial charge in [0.05, 0.1) is 5.92 Å². The molecule has 0 saturated heterocycles. The van der Waals surface area contributed by atoms with Crippen molar-refractivity contribution in [2.24, 2.45) is 23.5 Å². The van der Waals surface area contributed by atoms with E-state index in [2.05, 4.69) is 0 Å². The van der Waals surface area contributed by atoms with Gasteiger partial charge in [0.25, 0.3) is 0 Å². The van der Waals surface area contributed by atoms with Crippen molar-refractivity contribution >= 4 is 11.9 Å². The molecule has 0 aromatic heterocycles. The molecule has 2 saturated carbocycles. The lowest BCUT2D eigenvalue weighted by Gasteiger charge is -2.20. The maximum Gasteiger partial charge on any atom is 0.324 e. The number of fused-ring (bicyclic) bond motifs is 1. The third-order valence-electron chi connectivity index (χ3n) is 3.34. The molecule has 0 spiro atoms. The van der Waals surface area contributed by atoms with Gasteiger partial charge in [0, 0.05) is 5.92 Å². The number of carboxylic acid groups (broad SMARTS) is 2. The zero-order valence-corrected chi connectivity index (χ0v) is 6.93. The van der Waals surface area contributed by atoms with Gasteiger partial charge in [-0.25, -0.2) is 0 Å². The Morgan fingerprint density at radius 2 is 2.00 bits per heavy atom. The first-order chi connectivity index (χ1) is 5.98. The summed E-state index contributed by atoms with van der Waals surface area (Å²) in [6.45, 7) is 0. The number of aliphatic carboxylic acids is 2. The fourth-order valence-corrected chi connectivity index (χ4v) is 2.59. The quantitative estimate of drug-likeness (QED) is 0.539. The minimum absolute atomic E-state index is 0.00130.